The maximum absolute atomic E-state index is 12.3. The summed E-state index contributed by atoms with van der Waals surface area (Å²) in [7, 11) is 0. The number of fused-ring (bicyclic) bond motifs is 1. The molecule has 63 heavy (non-hydrogen) atoms. The lowest BCUT2D eigenvalue weighted by Gasteiger charge is -2.39. The number of aromatic nitrogens is 7. The molecule has 3 atom stereocenters. The predicted molar refractivity (Wildman–Crippen MR) is 223 cm³/mol. The van der Waals surface area contributed by atoms with Crippen LogP contribution in [0.25, 0.3) is 22.5 Å². The van der Waals surface area contributed by atoms with Crippen molar-refractivity contribution in [1.82, 2.24) is 45.0 Å². The number of carbonyl (C=O) groups excluding carboxylic acids is 2. The van der Waals surface area contributed by atoms with E-state index in [1.807, 2.05) is 24.4 Å². The predicted octanol–water partition coefficient (Wildman–Crippen LogP) is 5.45. The topological polar surface area (TPSA) is 224 Å². The molecule has 5 aromatic rings. The van der Waals surface area contributed by atoms with E-state index in [0.29, 0.717) is 47.2 Å². The number of piperazine rings is 1. The van der Waals surface area contributed by atoms with Crippen LogP contribution >= 0.6 is 11.6 Å². The fourth-order valence-corrected chi connectivity index (χ4v) is 8.59. The van der Waals surface area contributed by atoms with Gasteiger partial charge in [-0.2, -0.15) is 33.5 Å². The molecule has 1 aromatic carbocycles. The summed E-state index contributed by atoms with van der Waals surface area (Å²) in [6.45, 7) is 6.35. The van der Waals surface area contributed by atoms with Gasteiger partial charge in [0, 0.05) is 73.8 Å². The van der Waals surface area contributed by atoms with Gasteiger partial charge >= 0.3 is 12.1 Å². The number of hydrogen-bond acceptors (Lipinski definition) is 13. The SMILES string of the molecule is C[C@H](C#N)Nc1cc(-n2ncc3cc(C#N)cnc32)ncc1-n1cc(C2CCC([C@@H](Cl)CN3CCN(c4ccc([C@H]5CCC(=O)NC5=O)cc4)CC3)CC2)nn1.O=C(O)C(F)(F)F. The summed E-state index contributed by atoms with van der Waals surface area (Å²) in [6, 6.07) is 15.6. The zero-order chi connectivity index (χ0) is 44.8. The molecule has 0 radical (unpaired) electrons. The highest BCUT2D eigenvalue weighted by molar-refractivity contribution is 6.21. The number of rotatable bonds is 10. The third-order valence-corrected chi connectivity index (χ3v) is 12.1. The molecule has 2 saturated heterocycles. The van der Waals surface area contributed by atoms with E-state index in [-0.39, 0.29) is 29.0 Å². The number of nitrogens with one attached hydrogen (secondary N) is 2. The van der Waals surface area contributed by atoms with Crippen LogP contribution in [0.2, 0.25) is 0 Å². The second-order valence-corrected chi connectivity index (χ2v) is 16.3. The Hall–Kier alpha value is -6.64. The fourth-order valence-electron chi connectivity index (χ4n) is 8.14. The number of carboxylic acids is 1. The lowest BCUT2D eigenvalue weighted by atomic mass is 9.79. The van der Waals surface area contributed by atoms with Gasteiger partial charge < -0.3 is 15.3 Å². The van der Waals surface area contributed by atoms with Crippen molar-refractivity contribution in [3.63, 3.8) is 0 Å². The lowest BCUT2D eigenvalue weighted by molar-refractivity contribution is -0.192. The van der Waals surface area contributed by atoms with Crippen molar-refractivity contribution in [2.45, 2.75) is 74.9 Å². The number of alkyl halides is 4. The molecule has 21 heteroatoms. The number of nitrogens with zero attached hydrogens (tertiary/aromatic N) is 11. The standard InChI is InChI=1S/C40H42ClN13O2.C2HF3O2/c1-25(18-42)47-34-17-37(54-39-30(21-46-54)16-26(19-43)20-45-39)44-22-36(34)53-24-35(49-50-53)29-4-2-28(3-5-29)33(41)23-51-12-14-52(15-13-51)31-8-6-27(7-9-31)32-10-11-38(55)48-40(32)56;3-2(4,5)1(6)7/h6-9,16-17,20-22,24-25,28-29,32-33H,2-5,10-15,23H2,1H3,(H,44,47)(H,48,55,56);(H,6,7)/t25-,28?,29?,32-,33+;/m1./s1. The number of imide groups is 1. The Bertz CT molecular complexity index is 2540. The maximum Gasteiger partial charge on any atom is 0.490 e. The van der Waals surface area contributed by atoms with E-state index in [1.54, 1.807) is 34.7 Å². The van der Waals surface area contributed by atoms with Gasteiger partial charge in [0.15, 0.2) is 11.5 Å². The van der Waals surface area contributed by atoms with Gasteiger partial charge in [-0.15, -0.1) is 16.7 Å². The molecule has 8 rings (SSSR count). The Morgan fingerprint density at radius 3 is 2.38 bits per heavy atom. The van der Waals surface area contributed by atoms with Crippen molar-refractivity contribution in [2.24, 2.45) is 5.92 Å². The quantitative estimate of drug-likeness (QED) is 0.117. The lowest BCUT2D eigenvalue weighted by Crippen LogP contribution is -2.48. The van der Waals surface area contributed by atoms with E-state index in [4.69, 9.17) is 21.5 Å². The molecule has 3 fully saturated rings. The molecule has 0 bridgehead atoms. The normalized spacial score (nSPS) is 20.4. The first kappa shape index (κ1) is 44.4. The van der Waals surface area contributed by atoms with E-state index >= 15 is 0 Å². The van der Waals surface area contributed by atoms with Crippen molar-refractivity contribution in [1.29, 1.82) is 10.5 Å². The minimum Gasteiger partial charge on any atom is -0.475 e. The summed E-state index contributed by atoms with van der Waals surface area (Å²) in [4.78, 5) is 46.7. The third kappa shape index (κ3) is 10.5. The van der Waals surface area contributed by atoms with Crippen LogP contribution in [0.15, 0.2) is 61.2 Å². The number of benzene rings is 1. The Morgan fingerprint density at radius 2 is 1.73 bits per heavy atom. The summed E-state index contributed by atoms with van der Waals surface area (Å²) >= 11 is 7.10. The number of carbonyl (C=O) groups is 3. The third-order valence-electron chi connectivity index (χ3n) is 11.6. The first-order valence-corrected chi connectivity index (χ1v) is 20.8. The van der Waals surface area contributed by atoms with Gasteiger partial charge in [-0.1, -0.05) is 17.3 Å². The molecule has 3 aliphatic rings. The summed E-state index contributed by atoms with van der Waals surface area (Å²) in [5.74, 6) is -2.22. The van der Waals surface area contributed by atoms with Gasteiger partial charge in [0.1, 0.15) is 17.8 Å². The number of nitriles is 2. The van der Waals surface area contributed by atoms with Gasteiger partial charge in [-0.05, 0) is 68.7 Å². The van der Waals surface area contributed by atoms with Crippen LogP contribution in [-0.4, -0.2) is 113 Å². The first-order valence-electron chi connectivity index (χ1n) is 20.4. The second kappa shape index (κ2) is 19.2. The molecule has 17 nitrogen and oxygen atoms in total. The fraction of sp³-hybridized carbons (Fsp3) is 0.429. The average Bonchev–Trinajstić information content (AvgIpc) is 3.95. The summed E-state index contributed by atoms with van der Waals surface area (Å²) in [5, 5.41) is 46.0. The van der Waals surface area contributed by atoms with Crippen LogP contribution in [0, 0.1) is 28.6 Å². The van der Waals surface area contributed by atoms with E-state index in [2.05, 4.69) is 70.1 Å². The molecule has 2 amide bonds. The van der Waals surface area contributed by atoms with Gasteiger partial charge in [-0.25, -0.2) is 19.4 Å². The smallest absolute Gasteiger partial charge is 0.475 e. The zero-order valence-corrected chi connectivity index (χ0v) is 34.8. The highest BCUT2D eigenvalue weighted by atomic mass is 35.5. The van der Waals surface area contributed by atoms with Crippen LogP contribution in [0.5, 0.6) is 0 Å². The molecule has 0 unspecified atom stereocenters. The number of hydrogen-bond donors (Lipinski definition) is 3. The monoisotopic (exact) mass is 885 g/mol. The molecule has 0 spiro atoms. The van der Waals surface area contributed by atoms with Crippen molar-refractivity contribution < 1.29 is 32.7 Å². The molecule has 4 aromatic heterocycles. The number of halogens is 4. The number of amides is 2. The highest BCUT2D eigenvalue weighted by Crippen LogP contribution is 2.38. The molecule has 2 aliphatic heterocycles. The molecule has 328 valence electrons. The van der Waals surface area contributed by atoms with E-state index < -0.39 is 18.2 Å². The largest absolute Gasteiger partial charge is 0.490 e. The first-order chi connectivity index (χ1) is 30.2. The van der Waals surface area contributed by atoms with Gasteiger partial charge in [-0.3, -0.25) is 19.8 Å². The number of carboxylic acid groups (broad SMARTS) is 1. The van der Waals surface area contributed by atoms with Crippen molar-refractivity contribution >= 4 is 51.8 Å². The molecular weight excluding hydrogens is 843 g/mol. The Balaban J connectivity index is 0.000000785. The van der Waals surface area contributed by atoms with Gasteiger partial charge in [0.25, 0.3) is 0 Å². The summed E-state index contributed by atoms with van der Waals surface area (Å²) in [5.41, 5.74) is 5.35. The number of anilines is 2. The van der Waals surface area contributed by atoms with E-state index in [0.717, 1.165) is 80.7 Å². The molecular formula is C42H43ClF3N13O4. The van der Waals surface area contributed by atoms with E-state index in [9.17, 15) is 33.3 Å². The molecule has 1 aliphatic carbocycles. The highest BCUT2D eigenvalue weighted by Gasteiger charge is 2.38. The summed E-state index contributed by atoms with van der Waals surface area (Å²) in [6.07, 6.45) is 6.65. The zero-order valence-electron chi connectivity index (χ0n) is 34.0. The second-order valence-electron chi connectivity index (χ2n) is 15.8. The molecule has 3 N–H and O–H groups in total. The minimum atomic E-state index is -5.08. The Kier molecular flexibility index (Phi) is 13.5. The Labute approximate surface area is 364 Å². The van der Waals surface area contributed by atoms with Crippen molar-refractivity contribution in [2.75, 3.05) is 42.9 Å². The van der Waals surface area contributed by atoms with Gasteiger partial charge in [0.05, 0.1) is 47.5 Å². The van der Waals surface area contributed by atoms with Crippen molar-refractivity contribution in [3.05, 3.63) is 78.0 Å². The van der Waals surface area contributed by atoms with Crippen LogP contribution in [0.4, 0.5) is 24.5 Å². The number of piperidine rings is 1. The Morgan fingerprint density at radius 1 is 1.02 bits per heavy atom. The number of aliphatic carboxylic acids is 1. The van der Waals surface area contributed by atoms with Crippen LogP contribution in [-0.2, 0) is 14.4 Å². The van der Waals surface area contributed by atoms with Crippen LogP contribution in [0.1, 0.15) is 74.1 Å². The minimum absolute atomic E-state index is 0.0711. The average molecular weight is 886 g/mol. The molecule has 6 heterocycles. The summed E-state index contributed by atoms with van der Waals surface area (Å²) < 4.78 is 35.0. The maximum atomic E-state index is 12.3. The van der Waals surface area contributed by atoms with Crippen LogP contribution < -0.4 is 15.5 Å². The number of pyridine rings is 2. The van der Waals surface area contributed by atoms with E-state index in [1.165, 1.54) is 6.20 Å². The molecule has 1 saturated carbocycles. The van der Waals surface area contributed by atoms with Gasteiger partial charge in [0.2, 0.25) is 11.8 Å². The van der Waals surface area contributed by atoms with Crippen LogP contribution in [0.3, 0.4) is 0 Å². The van der Waals surface area contributed by atoms with Crippen molar-refractivity contribution in [3.8, 4) is 23.6 Å².